The van der Waals surface area contributed by atoms with E-state index in [9.17, 15) is 13.6 Å². The van der Waals surface area contributed by atoms with Crippen molar-refractivity contribution in [2.24, 2.45) is 0 Å². The normalized spacial score (nSPS) is 10.8. The average Bonchev–Trinajstić information content (AvgIpc) is 2.61. The highest BCUT2D eigenvalue weighted by molar-refractivity contribution is 5.92. The van der Waals surface area contributed by atoms with Crippen LogP contribution < -0.4 is 9.47 Å². The summed E-state index contributed by atoms with van der Waals surface area (Å²) in [7, 11) is 4.62. The van der Waals surface area contributed by atoms with Crippen molar-refractivity contribution in [3.8, 4) is 11.5 Å². The first-order valence-corrected chi connectivity index (χ1v) is 7.53. The first-order valence-electron chi connectivity index (χ1n) is 7.53. The zero-order chi connectivity index (χ0) is 18.4. The summed E-state index contributed by atoms with van der Waals surface area (Å²) >= 11 is 0. The van der Waals surface area contributed by atoms with E-state index in [-0.39, 0.29) is 18.0 Å². The number of ether oxygens (including phenoxy) is 2. The molecule has 0 unspecified atom stereocenters. The first-order chi connectivity index (χ1) is 11.9. The van der Waals surface area contributed by atoms with E-state index in [2.05, 4.69) is 0 Å². The Morgan fingerprint density at radius 2 is 1.88 bits per heavy atom. The Morgan fingerprint density at radius 3 is 2.52 bits per heavy atom. The molecule has 2 aromatic rings. The minimum atomic E-state index is -0.680. The quantitative estimate of drug-likeness (QED) is 0.749. The molecule has 25 heavy (non-hydrogen) atoms. The summed E-state index contributed by atoms with van der Waals surface area (Å²) in [5.41, 5.74) is 0.950. The summed E-state index contributed by atoms with van der Waals surface area (Å²) in [6.07, 6.45) is 2.98. The van der Waals surface area contributed by atoms with Crippen LogP contribution >= 0.6 is 0 Å². The monoisotopic (exact) mass is 347 g/mol. The minimum Gasteiger partial charge on any atom is -0.497 e. The van der Waals surface area contributed by atoms with E-state index in [1.54, 1.807) is 38.4 Å². The van der Waals surface area contributed by atoms with Crippen molar-refractivity contribution in [1.82, 2.24) is 4.90 Å². The van der Waals surface area contributed by atoms with Crippen LogP contribution in [0.3, 0.4) is 0 Å². The number of nitrogens with zero attached hydrogens (tertiary/aromatic N) is 1. The number of carbonyl (C=O) groups excluding carboxylic acids is 1. The Labute approximate surface area is 145 Å². The largest absolute Gasteiger partial charge is 0.497 e. The maximum Gasteiger partial charge on any atom is 0.246 e. The maximum atomic E-state index is 13.7. The lowest BCUT2D eigenvalue weighted by molar-refractivity contribution is -0.125. The number of amides is 1. The van der Waals surface area contributed by atoms with E-state index >= 15 is 0 Å². The molecule has 0 saturated heterocycles. The molecule has 0 saturated carbocycles. The van der Waals surface area contributed by atoms with Gasteiger partial charge in [-0.05, 0) is 24.3 Å². The second-order valence-corrected chi connectivity index (χ2v) is 5.37. The van der Waals surface area contributed by atoms with Gasteiger partial charge in [0.05, 0.1) is 14.2 Å². The van der Waals surface area contributed by atoms with Crippen LogP contribution in [0.1, 0.15) is 11.1 Å². The summed E-state index contributed by atoms with van der Waals surface area (Å²) in [6.45, 7) is 0.0367. The fourth-order valence-electron chi connectivity index (χ4n) is 2.23. The number of carbonyl (C=O) groups is 1. The van der Waals surface area contributed by atoms with Crippen LogP contribution in [0.2, 0.25) is 0 Å². The van der Waals surface area contributed by atoms with Gasteiger partial charge in [0.25, 0.3) is 0 Å². The van der Waals surface area contributed by atoms with E-state index in [4.69, 9.17) is 9.47 Å². The Kier molecular flexibility index (Phi) is 6.11. The summed E-state index contributed by atoms with van der Waals surface area (Å²) in [5.74, 6) is -0.441. The molecule has 6 heteroatoms. The fourth-order valence-corrected chi connectivity index (χ4v) is 2.23. The number of hydrogen-bond acceptors (Lipinski definition) is 3. The second-order valence-electron chi connectivity index (χ2n) is 5.37. The highest BCUT2D eigenvalue weighted by Gasteiger charge is 2.11. The molecule has 0 bridgehead atoms. The van der Waals surface area contributed by atoms with Gasteiger partial charge in [0, 0.05) is 42.9 Å². The van der Waals surface area contributed by atoms with E-state index in [1.165, 1.54) is 24.2 Å². The van der Waals surface area contributed by atoms with Crippen LogP contribution in [0.25, 0.3) is 6.08 Å². The minimum absolute atomic E-state index is 0.0367. The van der Waals surface area contributed by atoms with Crippen LogP contribution in [0, 0.1) is 11.6 Å². The van der Waals surface area contributed by atoms with Crippen LogP contribution in [0.5, 0.6) is 11.5 Å². The molecule has 0 aromatic heterocycles. The molecule has 0 aliphatic heterocycles. The number of halogens is 2. The number of rotatable bonds is 6. The van der Waals surface area contributed by atoms with Gasteiger partial charge in [0.15, 0.2) is 0 Å². The van der Waals surface area contributed by atoms with Crippen LogP contribution in [0.4, 0.5) is 8.78 Å². The lowest BCUT2D eigenvalue weighted by Crippen LogP contribution is -2.24. The molecule has 0 atom stereocenters. The van der Waals surface area contributed by atoms with Gasteiger partial charge in [-0.25, -0.2) is 8.78 Å². The Bertz CT molecular complexity index is 790. The van der Waals surface area contributed by atoms with Crippen molar-refractivity contribution in [1.29, 1.82) is 0 Å². The predicted molar refractivity (Wildman–Crippen MR) is 91.4 cm³/mol. The van der Waals surface area contributed by atoms with Crippen LogP contribution in [-0.4, -0.2) is 32.1 Å². The predicted octanol–water partition coefficient (Wildman–Crippen LogP) is 3.65. The highest BCUT2D eigenvalue weighted by Crippen LogP contribution is 2.25. The Hall–Kier alpha value is -2.89. The SMILES string of the molecule is COc1ccc(/C=C/C(=O)N(C)Cc2ccc(F)cc2F)c(OC)c1. The Balaban J connectivity index is 2.09. The Morgan fingerprint density at radius 1 is 1.12 bits per heavy atom. The summed E-state index contributed by atoms with van der Waals surface area (Å²) < 4.78 is 37.0. The van der Waals surface area contributed by atoms with Gasteiger partial charge < -0.3 is 14.4 Å². The van der Waals surface area contributed by atoms with E-state index in [1.807, 2.05) is 0 Å². The lowest BCUT2D eigenvalue weighted by Gasteiger charge is -2.16. The summed E-state index contributed by atoms with van der Waals surface area (Å²) in [4.78, 5) is 13.5. The van der Waals surface area contributed by atoms with Gasteiger partial charge >= 0.3 is 0 Å². The number of likely N-dealkylation sites (N-methyl/N-ethyl adjacent to an activating group) is 1. The zero-order valence-electron chi connectivity index (χ0n) is 14.3. The summed E-state index contributed by atoms with van der Waals surface area (Å²) in [6, 6.07) is 8.51. The molecule has 1 amide bonds. The number of hydrogen-bond donors (Lipinski definition) is 0. The van der Waals surface area contributed by atoms with Crippen LogP contribution in [0.15, 0.2) is 42.5 Å². The molecular weight excluding hydrogens is 328 g/mol. The zero-order valence-corrected chi connectivity index (χ0v) is 14.3. The van der Waals surface area contributed by atoms with E-state index < -0.39 is 11.6 Å². The van der Waals surface area contributed by atoms with Gasteiger partial charge in [0.1, 0.15) is 23.1 Å². The fraction of sp³-hybridized carbons (Fsp3) is 0.211. The topological polar surface area (TPSA) is 38.8 Å². The van der Waals surface area contributed by atoms with Gasteiger partial charge in [-0.15, -0.1) is 0 Å². The van der Waals surface area contributed by atoms with Crippen molar-refractivity contribution in [3.63, 3.8) is 0 Å². The maximum absolute atomic E-state index is 13.7. The molecule has 4 nitrogen and oxygen atoms in total. The molecule has 132 valence electrons. The van der Waals surface area contributed by atoms with Crippen molar-refractivity contribution in [2.75, 3.05) is 21.3 Å². The molecule has 0 aliphatic rings. The number of benzene rings is 2. The standard InChI is InChI=1S/C19H19F2NO3/c1-22(12-14-4-7-15(20)10-17(14)21)19(23)9-6-13-5-8-16(24-2)11-18(13)25-3/h4-11H,12H2,1-3H3/b9-6+. The molecule has 0 heterocycles. The van der Waals surface area contributed by atoms with Gasteiger partial charge in [-0.2, -0.15) is 0 Å². The molecule has 0 N–H and O–H groups in total. The second kappa shape index (κ2) is 8.28. The third-order valence-corrected chi connectivity index (χ3v) is 3.64. The van der Waals surface area contributed by atoms with Gasteiger partial charge in [0.2, 0.25) is 5.91 Å². The van der Waals surface area contributed by atoms with Gasteiger partial charge in [-0.3, -0.25) is 4.79 Å². The summed E-state index contributed by atoms with van der Waals surface area (Å²) in [5, 5.41) is 0. The van der Waals surface area contributed by atoms with Crippen molar-refractivity contribution >= 4 is 12.0 Å². The number of methoxy groups -OCH3 is 2. The molecule has 2 rings (SSSR count). The molecule has 2 aromatic carbocycles. The lowest BCUT2D eigenvalue weighted by atomic mass is 10.1. The van der Waals surface area contributed by atoms with Crippen molar-refractivity contribution < 1.29 is 23.0 Å². The van der Waals surface area contributed by atoms with E-state index in [0.717, 1.165) is 12.1 Å². The molecular formula is C19H19F2NO3. The third kappa shape index (κ3) is 4.79. The first kappa shape index (κ1) is 18.4. The molecule has 0 radical (unpaired) electrons. The van der Waals surface area contributed by atoms with Crippen molar-refractivity contribution in [3.05, 3.63) is 65.2 Å². The average molecular weight is 347 g/mol. The van der Waals surface area contributed by atoms with Gasteiger partial charge in [-0.1, -0.05) is 6.07 Å². The smallest absolute Gasteiger partial charge is 0.246 e. The van der Waals surface area contributed by atoms with Crippen molar-refractivity contribution in [2.45, 2.75) is 6.54 Å². The van der Waals surface area contributed by atoms with E-state index in [0.29, 0.717) is 17.1 Å². The molecule has 0 spiro atoms. The van der Waals surface area contributed by atoms with Crippen LogP contribution in [-0.2, 0) is 11.3 Å². The highest BCUT2D eigenvalue weighted by atomic mass is 19.1. The molecule has 0 aliphatic carbocycles. The third-order valence-electron chi connectivity index (χ3n) is 3.64. The molecule has 0 fully saturated rings.